The lowest BCUT2D eigenvalue weighted by atomic mass is 10.1. The molecular formula is C21H17N3O2S. The van der Waals surface area contributed by atoms with Gasteiger partial charge in [0.2, 0.25) is 0 Å². The Hall–Kier alpha value is -3.25. The summed E-state index contributed by atoms with van der Waals surface area (Å²) in [6, 6.07) is 19.5. The van der Waals surface area contributed by atoms with Gasteiger partial charge in [-0.25, -0.2) is 4.98 Å². The van der Waals surface area contributed by atoms with Crippen LogP contribution in [0.4, 0.5) is 0 Å². The van der Waals surface area contributed by atoms with E-state index < -0.39 is 0 Å². The van der Waals surface area contributed by atoms with Crippen molar-refractivity contribution in [2.75, 3.05) is 0 Å². The van der Waals surface area contributed by atoms with Crippen molar-refractivity contribution in [3.05, 3.63) is 105 Å². The van der Waals surface area contributed by atoms with Crippen molar-refractivity contribution in [3.8, 4) is 0 Å². The van der Waals surface area contributed by atoms with E-state index in [1.54, 1.807) is 16.5 Å². The predicted molar refractivity (Wildman–Crippen MR) is 106 cm³/mol. The van der Waals surface area contributed by atoms with E-state index in [2.05, 4.69) is 4.98 Å². The lowest BCUT2D eigenvalue weighted by Crippen LogP contribution is -2.35. The lowest BCUT2D eigenvalue weighted by Gasteiger charge is -2.23. The fraction of sp³-hybridized carbons (Fsp3) is 0.0952. The maximum atomic E-state index is 13.2. The summed E-state index contributed by atoms with van der Waals surface area (Å²) in [6.45, 7) is 0.834. The number of carbonyl (C=O) groups excluding carboxylic acids is 1. The van der Waals surface area contributed by atoms with Crippen molar-refractivity contribution < 1.29 is 4.79 Å². The van der Waals surface area contributed by atoms with Crippen LogP contribution in [0.5, 0.6) is 0 Å². The van der Waals surface area contributed by atoms with Gasteiger partial charge in [-0.1, -0.05) is 60.7 Å². The van der Waals surface area contributed by atoms with Crippen LogP contribution in [0.2, 0.25) is 0 Å². The molecule has 0 N–H and O–H groups in total. The average Bonchev–Trinajstić information content (AvgIpc) is 3.19. The molecule has 0 spiro atoms. The summed E-state index contributed by atoms with van der Waals surface area (Å²) in [6.07, 6.45) is 3.03. The number of fused-ring (bicyclic) bond motifs is 1. The highest BCUT2D eigenvalue weighted by Crippen LogP contribution is 2.14. The molecule has 4 rings (SSSR count). The van der Waals surface area contributed by atoms with Gasteiger partial charge in [0.1, 0.15) is 5.56 Å². The van der Waals surface area contributed by atoms with Gasteiger partial charge in [0, 0.05) is 30.9 Å². The molecule has 0 saturated carbocycles. The van der Waals surface area contributed by atoms with Gasteiger partial charge in [-0.3, -0.25) is 14.0 Å². The van der Waals surface area contributed by atoms with Crippen LogP contribution < -0.4 is 5.56 Å². The molecule has 4 aromatic rings. The van der Waals surface area contributed by atoms with Crippen molar-refractivity contribution in [2.24, 2.45) is 0 Å². The molecule has 0 aliphatic rings. The third kappa shape index (κ3) is 3.66. The Kier molecular flexibility index (Phi) is 4.80. The molecule has 2 aromatic carbocycles. The van der Waals surface area contributed by atoms with Crippen molar-refractivity contribution in [1.82, 2.24) is 14.3 Å². The monoisotopic (exact) mass is 375 g/mol. The van der Waals surface area contributed by atoms with Crippen LogP contribution in [0.1, 0.15) is 21.5 Å². The van der Waals surface area contributed by atoms with Crippen LogP contribution in [0.3, 0.4) is 0 Å². The van der Waals surface area contributed by atoms with Crippen LogP contribution in [-0.4, -0.2) is 20.2 Å². The molecule has 0 radical (unpaired) electrons. The maximum Gasteiger partial charge on any atom is 0.271 e. The van der Waals surface area contributed by atoms with Crippen molar-refractivity contribution in [1.29, 1.82) is 0 Å². The number of hydrogen-bond donors (Lipinski definition) is 0. The summed E-state index contributed by atoms with van der Waals surface area (Å²) in [4.78, 5) is 32.5. The zero-order valence-corrected chi connectivity index (χ0v) is 15.3. The number of aromatic nitrogens is 2. The third-order valence-corrected chi connectivity index (χ3v) is 5.06. The molecular weight excluding hydrogens is 358 g/mol. The second-order valence-corrected chi connectivity index (χ2v) is 7.04. The Morgan fingerprint density at radius 2 is 1.56 bits per heavy atom. The second-order valence-electron chi connectivity index (χ2n) is 6.17. The smallest absolute Gasteiger partial charge is 0.271 e. The van der Waals surface area contributed by atoms with Gasteiger partial charge in [0.15, 0.2) is 4.96 Å². The van der Waals surface area contributed by atoms with Gasteiger partial charge in [-0.05, 0) is 11.1 Å². The van der Waals surface area contributed by atoms with Gasteiger partial charge in [-0.2, -0.15) is 0 Å². The summed E-state index contributed by atoms with van der Waals surface area (Å²) < 4.78 is 1.42. The molecule has 6 heteroatoms. The summed E-state index contributed by atoms with van der Waals surface area (Å²) in [5.74, 6) is -0.319. The summed E-state index contributed by atoms with van der Waals surface area (Å²) in [7, 11) is 0. The fourth-order valence-electron chi connectivity index (χ4n) is 2.95. The van der Waals surface area contributed by atoms with Crippen LogP contribution >= 0.6 is 11.3 Å². The molecule has 134 valence electrons. The van der Waals surface area contributed by atoms with Gasteiger partial charge < -0.3 is 4.90 Å². The topological polar surface area (TPSA) is 54.7 Å². The Labute approximate surface area is 160 Å². The zero-order valence-electron chi connectivity index (χ0n) is 14.5. The number of thiazole rings is 1. The van der Waals surface area contributed by atoms with E-state index in [4.69, 9.17) is 0 Å². The minimum atomic E-state index is -0.336. The number of carbonyl (C=O) groups is 1. The Morgan fingerprint density at radius 3 is 2.15 bits per heavy atom. The number of nitrogens with zero attached hydrogens (tertiary/aromatic N) is 3. The first-order valence-corrected chi connectivity index (χ1v) is 9.42. The Balaban J connectivity index is 1.70. The molecule has 0 aliphatic heterocycles. The average molecular weight is 375 g/mol. The quantitative estimate of drug-likeness (QED) is 0.536. The molecule has 1 amide bonds. The molecule has 5 nitrogen and oxygen atoms in total. The van der Waals surface area contributed by atoms with E-state index >= 15 is 0 Å². The zero-order chi connectivity index (χ0) is 18.6. The van der Waals surface area contributed by atoms with Gasteiger partial charge >= 0.3 is 0 Å². The molecule has 0 unspecified atom stereocenters. The van der Waals surface area contributed by atoms with Crippen molar-refractivity contribution in [3.63, 3.8) is 0 Å². The SMILES string of the molecule is O=C(c1cnc2sccn2c1=O)N(Cc1ccccc1)Cc1ccccc1. The largest absolute Gasteiger partial charge is 0.330 e. The van der Waals surface area contributed by atoms with Crippen LogP contribution in [0.15, 0.2) is 83.2 Å². The van der Waals surface area contributed by atoms with Crippen LogP contribution in [-0.2, 0) is 13.1 Å². The van der Waals surface area contributed by atoms with Crippen LogP contribution in [0, 0.1) is 0 Å². The predicted octanol–water partition coefficient (Wildman–Crippen LogP) is 3.60. The van der Waals surface area contributed by atoms with Crippen molar-refractivity contribution in [2.45, 2.75) is 13.1 Å². The summed E-state index contributed by atoms with van der Waals surface area (Å²) in [5.41, 5.74) is 1.76. The number of benzene rings is 2. The molecule has 27 heavy (non-hydrogen) atoms. The van der Waals surface area contributed by atoms with E-state index in [9.17, 15) is 9.59 Å². The van der Waals surface area contributed by atoms with E-state index in [1.165, 1.54) is 21.9 Å². The van der Waals surface area contributed by atoms with E-state index in [0.29, 0.717) is 18.1 Å². The molecule has 0 atom stereocenters. The lowest BCUT2D eigenvalue weighted by molar-refractivity contribution is 0.0727. The normalized spacial score (nSPS) is 10.8. The Bertz CT molecular complexity index is 1080. The number of amides is 1. The highest BCUT2D eigenvalue weighted by Gasteiger charge is 2.21. The van der Waals surface area contributed by atoms with E-state index in [-0.39, 0.29) is 17.0 Å². The molecule has 0 aliphatic carbocycles. The maximum absolute atomic E-state index is 13.2. The molecule has 2 heterocycles. The highest BCUT2D eigenvalue weighted by atomic mass is 32.1. The molecule has 2 aromatic heterocycles. The van der Waals surface area contributed by atoms with E-state index in [1.807, 2.05) is 60.7 Å². The molecule has 0 fully saturated rings. The van der Waals surface area contributed by atoms with Crippen molar-refractivity contribution >= 4 is 22.2 Å². The van der Waals surface area contributed by atoms with Crippen LogP contribution in [0.25, 0.3) is 4.96 Å². The second kappa shape index (κ2) is 7.55. The minimum Gasteiger partial charge on any atom is -0.330 e. The summed E-state index contributed by atoms with van der Waals surface area (Å²) >= 11 is 1.36. The minimum absolute atomic E-state index is 0.0813. The van der Waals surface area contributed by atoms with E-state index in [0.717, 1.165) is 11.1 Å². The third-order valence-electron chi connectivity index (χ3n) is 4.29. The first kappa shape index (κ1) is 17.2. The number of hydrogen-bond acceptors (Lipinski definition) is 4. The first-order valence-electron chi connectivity index (χ1n) is 8.54. The Morgan fingerprint density at radius 1 is 0.963 bits per heavy atom. The summed E-state index contributed by atoms with van der Waals surface area (Å²) in [5, 5.41) is 1.78. The van der Waals surface area contributed by atoms with Gasteiger partial charge in [-0.15, -0.1) is 11.3 Å². The first-order chi connectivity index (χ1) is 13.2. The van der Waals surface area contributed by atoms with Gasteiger partial charge in [0.05, 0.1) is 0 Å². The standard InChI is InChI=1S/C21H17N3O2S/c25-19(18-13-22-21-24(20(18)26)11-12-27-21)23(14-16-7-3-1-4-8-16)15-17-9-5-2-6-10-17/h1-13H,14-15H2. The fourth-order valence-corrected chi connectivity index (χ4v) is 3.62. The highest BCUT2D eigenvalue weighted by molar-refractivity contribution is 7.15. The number of rotatable bonds is 5. The molecule has 0 bridgehead atoms. The molecule has 0 saturated heterocycles. The van der Waals surface area contributed by atoms with Gasteiger partial charge in [0.25, 0.3) is 11.5 Å².